The van der Waals surface area contributed by atoms with Gasteiger partial charge in [-0.1, -0.05) is 13.8 Å². The van der Waals surface area contributed by atoms with E-state index in [0.717, 1.165) is 13.0 Å². The summed E-state index contributed by atoms with van der Waals surface area (Å²) < 4.78 is 6.00. The van der Waals surface area contributed by atoms with E-state index in [1.54, 1.807) is 18.3 Å². The van der Waals surface area contributed by atoms with Gasteiger partial charge in [0.05, 0.1) is 5.56 Å². The highest BCUT2D eigenvalue weighted by atomic mass is 79.9. The zero-order valence-corrected chi connectivity index (χ0v) is 12.4. The van der Waals surface area contributed by atoms with Gasteiger partial charge in [0, 0.05) is 26.0 Å². The summed E-state index contributed by atoms with van der Waals surface area (Å²) in [6.07, 6.45) is 2.46. The second-order valence-corrected chi connectivity index (χ2v) is 5.17. The Morgan fingerprint density at radius 3 is 3.00 bits per heavy atom. The van der Waals surface area contributed by atoms with Gasteiger partial charge in [-0.15, -0.1) is 0 Å². The van der Waals surface area contributed by atoms with E-state index in [1.165, 1.54) is 0 Å². The third-order valence-corrected chi connectivity index (χ3v) is 2.84. The lowest BCUT2D eigenvalue weighted by atomic mass is 10.2. The molecule has 0 aliphatic heterocycles. The summed E-state index contributed by atoms with van der Waals surface area (Å²) in [4.78, 5) is 15.8. The SMILES string of the molecule is CC(C)COCCCNC(=O)c1cccnc1Br. The molecule has 4 nitrogen and oxygen atoms in total. The summed E-state index contributed by atoms with van der Waals surface area (Å²) in [6.45, 7) is 6.27. The zero-order valence-electron chi connectivity index (χ0n) is 10.8. The number of halogens is 1. The Kier molecular flexibility index (Phi) is 6.90. The lowest BCUT2D eigenvalue weighted by molar-refractivity contribution is 0.0924. The molecule has 1 N–H and O–H groups in total. The molecule has 0 spiro atoms. The molecule has 1 aromatic rings. The molecule has 0 radical (unpaired) electrons. The molecule has 1 amide bonds. The number of carbonyl (C=O) groups is 1. The van der Waals surface area contributed by atoms with Crippen molar-refractivity contribution in [3.63, 3.8) is 0 Å². The van der Waals surface area contributed by atoms with Gasteiger partial charge in [0.25, 0.3) is 5.91 Å². The fourth-order valence-electron chi connectivity index (χ4n) is 1.35. The Labute approximate surface area is 116 Å². The van der Waals surface area contributed by atoms with Crippen molar-refractivity contribution in [3.05, 3.63) is 28.5 Å². The van der Waals surface area contributed by atoms with Gasteiger partial charge >= 0.3 is 0 Å². The summed E-state index contributed by atoms with van der Waals surface area (Å²) in [6, 6.07) is 3.48. The summed E-state index contributed by atoms with van der Waals surface area (Å²) >= 11 is 3.25. The molecule has 0 bridgehead atoms. The molecule has 100 valence electrons. The lowest BCUT2D eigenvalue weighted by Crippen LogP contribution is -2.25. The summed E-state index contributed by atoms with van der Waals surface area (Å²) in [7, 11) is 0. The van der Waals surface area contributed by atoms with E-state index < -0.39 is 0 Å². The first-order valence-corrected chi connectivity index (χ1v) is 6.87. The molecule has 0 aliphatic rings. The molecule has 0 saturated heterocycles. The van der Waals surface area contributed by atoms with Gasteiger partial charge in [0.15, 0.2) is 0 Å². The van der Waals surface area contributed by atoms with Crippen LogP contribution in [0, 0.1) is 5.92 Å². The van der Waals surface area contributed by atoms with Crippen molar-refractivity contribution in [2.24, 2.45) is 5.92 Å². The highest BCUT2D eigenvalue weighted by molar-refractivity contribution is 9.10. The molecule has 5 heteroatoms. The van der Waals surface area contributed by atoms with Crippen molar-refractivity contribution in [3.8, 4) is 0 Å². The van der Waals surface area contributed by atoms with E-state index in [9.17, 15) is 4.79 Å². The van der Waals surface area contributed by atoms with Crippen LogP contribution < -0.4 is 5.32 Å². The van der Waals surface area contributed by atoms with E-state index in [0.29, 0.717) is 29.2 Å². The number of pyridine rings is 1. The maximum Gasteiger partial charge on any atom is 0.254 e. The van der Waals surface area contributed by atoms with Crippen LogP contribution >= 0.6 is 15.9 Å². The number of hydrogen-bond acceptors (Lipinski definition) is 3. The number of ether oxygens (including phenoxy) is 1. The van der Waals surface area contributed by atoms with Gasteiger partial charge in [-0.25, -0.2) is 4.98 Å². The molecule has 1 rings (SSSR count). The van der Waals surface area contributed by atoms with Gasteiger partial charge in [0.1, 0.15) is 4.60 Å². The summed E-state index contributed by atoms with van der Waals surface area (Å²) in [5.41, 5.74) is 0.556. The van der Waals surface area contributed by atoms with Crippen LogP contribution in [0.3, 0.4) is 0 Å². The van der Waals surface area contributed by atoms with Crippen molar-refractivity contribution in [1.29, 1.82) is 0 Å². The fraction of sp³-hybridized carbons (Fsp3) is 0.538. The number of hydrogen-bond donors (Lipinski definition) is 1. The Bertz CT molecular complexity index is 383. The van der Waals surface area contributed by atoms with Crippen molar-refractivity contribution in [1.82, 2.24) is 10.3 Å². The molecule has 0 aromatic carbocycles. The van der Waals surface area contributed by atoms with Gasteiger partial charge in [-0.05, 0) is 40.4 Å². The van der Waals surface area contributed by atoms with E-state index >= 15 is 0 Å². The largest absolute Gasteiger partial charge is 0.381 e. The normalized spacial score (nSPS) is 10.7. The maximum atomic E-state index is 11.8. The predicted molar refractivity (Wildman–Crippen MR) is 74.5 cm³/mol. The van der Waals surface area contributed by atoms with Gasteiger partial charge in [-0.3, -0.25) is 4.79 Å². The number of amides is 1. The van der Waals surface area contributed by atoms with Crippen LogP contribution in [0.15, 0.2) is 22.9 Å². The third-order valence-electron chi connectivity index (χ3n) is 2.21. The van der Waals surface area contributed by atoms with Crippen LogP contribution in [0.1, 0.15) is 30.6 Å². The highest BCUT2D eigenvalue weighted by Crippen LogP contribution is 2.11. The minimum Gasteiger partial charge on any atom is -0.381 e. The van der Waals surface area contributed by atoms with E-state index in [2.05, 4.69) is 40.1 Å². The smallest absolute Gasteiger partial charge is 0.254 e. The van der Waals surface area contributed by atoms with E-state index in [1.807, 2.05) is 0 Å². The zero-order chi connectivity index (χ0) is 13.4. The molecule has 0 aliphatic carbocycles. The predicted octanol–water partition coefficient (Wildman–Crippen LogP) is 2.64. The summed E-state index contributed by atoms with van der Waals surface area (Å²) in [5, 5.41) is 2.84. The first kappa shape index (κ1) is 15.1. The molecule has 0 atom stereocenters. The van der Waals surface area contributed by atoms with Gasteiger partial charge in [0.2, 0.25) is 0 Å². The quantitative estimate of drug-likeness (QED) is 0.622. The van der Waals surface area contributed by atoms with Crippen molar-refractivity contribution in [2.45, 2.75) is 20.3 Å². The Morgan fingerprint density at radius 1 is 1.56 bits per heavy atom. The molecular formula is C13H19BrN2O2. The van der Waals surface area contributed by atoms with Crippen molar-refractivity contribution >= 4 is 21.8 Å². The number of nitrogens with one attached hydrogen (secondary N) is 1. The minimum absolute atomic E-state index is 0.112. The molecular weight excluding hydrogens is 296 g/mol. The van der Waals surface area contributed by atoms with Gasteiger partial charge in [-0.2, -0.15) is 0 Å². The van der Waals surface area contributed by atoms with Crippen LogP contribution in [-0.4, -0.2) is 30.6 Å². The van der Waals surface area contributed by atoms with Crippen molar-refractivity contribution < 1.29 is 9.53 Å². The van der Waals surface area contributed by atoms with E-state index in [4.69, 9.17) is 4.74 Å². The molecule has 0 unspecified atom stereocenters. The standard InChI is InChI=1S/C13H19BrN2O2/c1-10(2)9-18-8-4-7-16-13(17)11-5-3-6-15-12(11)14/h3,5-6,10H,4,7-9H2,1-2H3,(H,16,17). The molecule has 0 fully saturated rings. The number of nitrogens with zero attached hydrogens (tertiary/aromatic N) is 1. The first-order chi connectivity index (χ1) is 8.61. The minimum atomic E-state index is -0.112. The molecule has 18 heavy (non-hydrogen) atoms. The van der Waals surface area contributed by atoms with Crippen LogP contribution in [-0.2, 0) is 4.74 Å². The molecule has 1 heterocycles. The highest BCUT2D eigenvalue weighted by Gasteiger charge is 2.08. The van der Waals surface area contributed by atoms with Crippen LogP contribution in [0.25, 0.3) is 0 Å². The average Bonchev–Trinajstić information content (AvgIpc) is 2.33. The molecule has 0 saturated carbocycles. The fourth-order valence-corrected chi connectivity index (χ4v) is 1.78. The van der Waals surface area contributed by atoms with Crippen LogP contribution in [0.5, 0.6) is 0 Å². The maximum absolute atomic E-state index is 11.8. The Balaban J connectivity index is 2.20. The number of aromatic nitrogens is 1. The van der Waals surface area contributed by atoms with E-state index in [-0.39, 0.29) is 5.91 Å². The monoisotopic (exact) mass is 314 g/mol. The first-order valence-electron chi connectivity index (χ1n) is 6.07. The Morgan fingerprint density at radius 2 is 2.33 bits per heavy atom. The van der Waals surface area contributed by atoms with Gasteiger partial charge < -0.3 is 10.1 Å². The lowest BCUT2D eigenvalue weighted by Gasteiger charge is -2.08. The Hall–Kier alpha value is -0.940. The van der Waals surface area contributed by atoms with Crippen LogP contribution in [0.2, 0.25) is 0 Å². The number of carbonyl (C=O) groups excluding carboxylic acids is 1. The average molecular weight is 315 g/mol. The summed E-state index contributed by atoms with van der Waals surface area (Å²) in [5.74, 6) is 0.435. The topological polar surface area (TPSA) is 51.2 Å². The second kappa shape index (κ2) is 8.21. The second-order valence-electron chi connectivity index (χ2n) is 4.42. The third kappa shape index (κ3) is 5.60. The number of rotatable bonds is 7. The van der Waals surface area contributed by atoms with Crippen molar-refractivity contribution in [2.75, 3.05) is 19.8 Å². The van der Waals surface area contributed by atoms with Crippen LogP contribution in [0.4, 0.5) is 0 Å². The molecule has 1 aromatic heterocycles.